The summed E-state index contributed by atoms with van der Waals surface area (Å²) in [6.45, 7) is 8.17. The van der Waals surface area contributed by atoms with Crippen LogP contribution < -0.4 is 5.73 Å². The van der Waals surface area contributed by atoms with Crippen LogP contribution in [-0.4, -0.2) is 43.2 Å². The molecule has 1 heterocycles. The topological polar surface area (TPSA) is 55.6 Å². The van der Waals surface area contributed by atoms with Gasteiger partial charge in [-0.2, -0.15) is 0 Å². The highest BCUT2D eigenvalue weighted by molar-refractivity contribution is 5.80. The van der Waals surface area contributed by atoms with Gasteiger partial charge in [0.2, 0.25) is 5.91 Å². The number of nitrogens with zero attached hydrogens (tertiary/aromatic N) is 1. The third kappa shape index (κ3) is 2.65. The lowest BCUT2D eigenvalue weighted by Crippen LogP contribution is -2.52. The summed E-state index contributed by atoms with van der Waals surface area (Å²) in [5.74, 6) is 0.803. The standard InChI is InChI=1S/C15H28N2O2/c1-10-13(16)6-5-12(15(10,2)3)14(18)17-8-7-11(9-17)19-4/h10-13H,5-9,16H2,1-4H3. The summed E-state index contributed by atoms with van der Waals surface area (Å²) in [6, 6.07) is 0.226. The molecule has 4 atom stereocenters. The molecule has 0 radical (unpaired) electrons. The van der Waals surface area contributed by atoms with Crippen LogP contribution in [0.15, 0.2) is 0 Å². The smallest absolute Gasteiger partial charge is 0.226 e. The van der Waals surface area contributed by atoms with E-state index in [0.29, 0.717) is 11.8 Å². The molecule has 1 saturated heterocycles. The fourth-order valence-electron chi connectivity index (χ4n) is 3.63. The summed E-state index contributed by atoms with van der Waals surface area (Å²) in [6.07, 6.45) is 3.06. The molecule has 110 valence electrons. The SMILES string of the molecule is COC1CCN(C(=O)C2CCC(N)C(C)C2(C)C)C1. The number of hydrogen-bond acceptors (Lipinski definition) is 3. The highest BCUT2D eigenvalue weighted by Gasteiger charge is 2.46. The van der Waals surface area contributed by atoms with E-state index in [9.17, 15) is 4.79 Å². The van der Waals surface area contributed by atoms with Gasteiger partial charge in [-0.15, -0.1) is 0 Å². The van der Waals surface area contributed by atoms with Crippen LogP contribution in [0.1, 0.15) is 40.0 Å². The van der Waals surface area contributed by atoms with Gasteiger partial charge in [-0.1, -0.05) is 20.8 Å². The number of hydrogen-bond donors (Lipinski definition) is 1. The van der Waals surface area contributed by atoms with Gasteiger partial charge in [-0.25, -0.2) is 0 Å². The lowest BCUT2D eigenvalue weighted by molar-refractivity contribution is -0.142. The molecule has 1 aliphatic carbocycles. The molecular formula is C15H28N2O2. The molecule has 2 rings (SSSR count). The van der Waals surface area contributed by atoms with Crippen molar-refractivity contribution in [3.63, 3.8) is 0 Å². The monoisotopic (exact) mass is 268 g/mol. The molecule has 1 saturated carbocycles. The molecule has 19 heavy (non-hydrogen) atoms. The third-order valence-corrected chi connectivity index (χ3v) is 5.59. The van der Waals surface area contributed by atoms with Gasteiger partial charge in [0.25, 0.3) is 0 Å². The number of nitrogens with two attached hydrogens (primary N) is 1. The van der Waals surface area contributed by atoms with Crippen LogP contribution in [0.4, 0.5) is 0 Å². The van der Waals surface area contributed by atoms with Crippen LogP contribution in [0, 0.1) is 17.3 Å². The van der Waals surface area contributed by atoms with Gasteiger partial charge in [-0.05, 0) is 30.6 Å². The second-order valence-electron chi connectivity index (χ2n) is 6.83. The molecule has 4 unspecified atom stereocenters. The Balaban J connectivity index is 2.07. The number of carbonyl (C=O) groups is 1. The van der Waals surface area contributed by atoms with E-state index in [2.05, 4.69) is 20.8 Å². The second-order valence-corrected chi connectivity index (χ2v) is 6.83. The average molecular weight is 268 g/mol. The fraction of sp³-hybridized carbons (Fsp3) is 0.933. The van der Waals surface area contributed by atoms with Gasteiger partial charge < -0.3 is 15.4 Å². The van der Waals surface area contributed by atoms with Gasteiger partial charge in [-0.3, -0.25) is 4.79 Å². The van der Waals surface area contributed by atoms with Crippen LogP contribution in [0.3, 0.4) is 0 Å². The fourth-order valence-corrected chi connectivity index (χ4v) is 3.63. The highest BCUT2D eigenvalue weighted by Crippen LogP contribution is 2.45. The zero-order chi connectivity index (χ0) is 14.2. The van der Waals surface area contributed by atoms with Crippen LogP contribution in [0.5, 0.6) is 0 Å². The first-order valence-electron chi connectivity index (χ1n) is 7.45. The maximum absolute atomic E-state index is 12.8. The quantitative estimate of drug-likeness (QED) is 0.828. The third-order valence-electron chi connectivity index (χ3n) is 5.59. The Morgan fingerprint density at radius 3 is 2.58 bits per heavy atom. The van der Waals surface area contributed by atoms with Crippen molar-refractivity contribution in [3.8, 4) is 0 Å². The molecule has 0 spiro atoms. The molecule has 0 bridgehead atoms. The molecule has 2 fully saturated rings. The summed E-state index contributed by atoms with van der Waals surface area (Å²) < 4.78 is 5.36. The molecule has 2 aliphatic rings. The first kappa shape index (κ1) is 14.8. The molecular weight excluding hydrogens is 240 g/mol. The van der Waals surface area contributed by atoms with Crippen LogP contribution in [0.25, 0.3) is 0 Å². The van der Waals surface area contributed by atoms with Crippen molar-refractivity contribution < 1.29 is 9.53 Å². The minimum Gasteiger partial charge on any atom is -0.380 e. The molecule has 2 N–H and O–H groups in total. The Hall–Kier alpha value is -0.610. The van der Waals surface area contributed by atoms with E-state index in [4.69, 9.17) is 10.5 Å². The van der Waals surface area contributed by atoms with E-state index >= 15 is 0 Å². The lowest BCUT2D eigenvalue weighted by atomic mass is 9.61. The number of amides is 1. The van der Waals surface area contributed by atoms with E-state index in [-0.39, 0.29) is 23.5 Å². The van der Waals surface area contributed by atoms with Crippen molar-refractivity contribution in [2.75, 3.05) is 20.2 Å². The van der Waals surface area contributed by atoms with Crippen molar-refractivity contribution in [2.45, 2.75) is 52.2 Å². The first-order chi connectivity index (χ1) is 8.87. The first-order valence-corrected chi connectivity index (χ1v) is 7.45. The van der Waals surface area contributed by atoms with Crippen LogP contribution >= 0.6 is 0 Å². The largest absolute Gasteiger partial charge is 0.380 e. The maximum atomic E-state index is 12.8. The molecule has 0 aromatic rings. The number of methoxy groups -OCH3 is 1. The molecule has 0 aromatic heterocycles. The number of rotatable bonds is 2. The predicted molar refractivity (Wildman–Crippen MR) is 75.6 cm³/mol. The maximum Gasteiger partial charge on any atom is 0.226 e. The van der Waals surface area contributed by atoms with Gasteiger partial charge in [0.05, 0.1) is 6.10 Å². The Labute approximate surface area is 116 Å². The molecule has 1 aliphatic heterocycles. The summed E-state index contributed by atoms with van der Waals surface area (Å²) in [5, 5.41) is 0. The molecule has 4 heteroatoms. The van der Waals surface area contributed by atoms with Crippen molar-refractivity contribution >= 4 is 5.91 Å². The van der Waals surface area contributed by atoms with Crippen molar-refractivity contribution in [3.05, 3.63) is 0 Å². The van der Waals surface area contributed by atoms with E-state index in [1.54, 1.807) is 7.11 Å². The van der Waals surface area contributed by atoms with Crippen molar-refractivity contribution in [2.24, 2.45) is 23.0 Å². The van der Waals surface area contributed by atoms with E-state index in [0.717, 1.165) is 32.4 Å². The van der Waals surface area contributed by atoms with E-state index in [1.165, 1.54) is 0 Å². The number of carbonyl (C=O) groups excluding carboxylic acids is 1. The summed E-state index contributed by atoms with van der Waals surface area (Å²) >= 11 is 0. The van der Waals surface area contributed by atoms with Crippen molar-refractivity contribution in [1.29, 1.82) is 0 Å². The van der Waals surface area contributed by atoms with Gasteiger partial charge >= 0.3 is 0 Å². The summed E-state index contributed by atoms with van der Waals surface area (Å²) in [4.78, 5) is 14.7. The Morgan fingerprint density at radius 1 is 1.32 bits per heavy atom. The summed E-state index contributed by atoms with van der Waals surface area (Å²) in [5.41, 5.74) is 6.15. The minimum absolute atomic E-state index is 0.0140. The zero-order valence-electron chi connectivity index (χ0n) is 12.7. The Morgan fingerprint density at radius 2 is 2.00 bits per heavy atom. The number of likely N-dealkylation sites (tertiary alicyclic amines) is 1. The van der Waals surface area contributed by atoms with Gasteiger partial charge in [0, 0.05) is 32.2 Å². The lowest BCUT2D eigenvalue weighted by Gasteiger charge is -2.47. The van der Waals surface area contributed by atoms with E-state index in [1.807, 2.05) is 4.90 Å². The highest BCUT2D eigenvalue weighted by atomic mass is 16.5. The van der Waals surface area contributed by atoms with E-state index < -0.39 is 0 Å². The Bertz CT molecular complexity index is 343. The molecule has 4 nitrogen and oxygen atoms in total. The van der Waals surface area contributed by atoms with Gasteiger partial charge in [0.1, 0.15) is 0 Å². The zero-order valence-corrected chi connectivity index (χ0v) is 12.7. The van der Waals surface area contributed by atoms with Crippen LogP contribution in [-0.2, 0) is 9.53 Å². The number of ether oxygens (including phenoxy) is 1. The average Bonchev–Trinajstić information content (AvgIpc) is 2.84. The van der Waals surface area contributed by atoms with Crippen molar-refractivity contribution in [1.82, 2.24) is 4.90 Å². The van der Waals surface area contributed by atoms with Crippen LogP contribution in [0.2, 0.25) is 0 Å². The molecule has 1 amide bonds. The predicted octanol–water partition coefficient (Wildman–Crippen LogP) is 1.63. The normalized spacial score (nSPS) is 38.5. The molecule has 0 aromatic carbocycles. The summed E-state index contributed by atoms with van der Waals surface area (Å²) in [7, 11) is 1.73. The van der Waals surface area contributed by atoms with Gasteiger partial charge in [0.15, 0.2) is 0 Å². The second kappa shape index (κ2) is 5.41. The Kier molecular flexibility index (Phi) is 4.21. The minimum atomic E-state index is -0.0140.